The van der Waals surface area contributed by atoms with Gasteiger partial charge in [0.25, 0.3) is 5.91 Å². The number of nitrogens with one attached hydrogen (secondary N) is 1. The molecule has 4 nitrogen and oxygen atoms in total. The highest BCUT2D eigenvalue weighted by Crippen LogP contribution is 2.22. The van der Waals surface area contributed by atoms with Crippen molar-refractivity contribution in [2.75, 3.05) is 23.3 Å². The van der Waals surface area contributed by atoms with Gasteiger partial charge in [0.05, 0.1) is 11.9 Å². The summed E-state index contributed by atoms with van der Waals surface area (Å²) in [6.07, 6.45) is 4.32. The molecule has 0 radical (unpaired) electrons. The first-order chi connectivity index (χ1) is 12.0. The number of piperidine rings is 1. The van der Waals surface area contributed by atoms with E-state index in [9.17, 15) is 4.79 Å². The minimum Gasteiger partial charge on any atom is -0.370 e. The van der Waals surface area contributed by atoms with Gasteiger partial charge < -0.3 is 10.2 Å². The second-order valence-corrected chi connectivity index (χ2v) is 7.33. The summed E-state index contributed by atoms with van der Waals surface area (Å²) in [6, 6.07) is 11.8. The summed E-state index contributed by atoms with van der Waals surface area (Å²) >= 11 is 0. The molecule has 1 N–H and O–H groups in total. The first-order valence-corrected chi connectivity index (χ1v) is 9.15. The van der Waals surface area contributed by atoms with Gasteiger partial charge in [-0.25, -0.2) is 4.98 Å². The number of rotatable bonds is 4. The van der Waals surface area contributed by atoms with Crippen LogP contribution < -0.4 is 10.2 Å². The molecule has 4 heteroatoms. The highest BCUT2D eigenvalue weighted by molar-refractivity contribution is 6.02. The number of pyridine rings is 1. The van der Waals surface area contributed by atoms with Crippen LogP contribution in [-0.2, 0) is 0 Å². The Kier molecular flexibility index (Phi) is 5.37. The smallest absolute Gasteiger partial charge is 0.274 e. The van der Waals surface area contributed by atoms with Crippen molar-refractivity contribution in [3.05, 3.63) is 53.9 Å². The van der Waals surface area contributed by atoms with Crippen molar-refractivity contribution in [2.45, 2.75) is 39.5 Å². The third-order valence-electron chi connectivity index (χ3n) is 4.84. The van der Waals surface area contributed by atoms with Crippen molar-refractivity contribution in [3.63, 3.8) is 0 Å². The number of carbonyl (C=O) groups is 1. The minimum absolute atomic E-state index is 0.171. The van der Waals surface area contributed by atoms with Gasteiger partial charge in [0.2, 0.25) is 0 Å². The van der Waals surface area contributed by atoms with Crippen LogP contribution in [0.25, 0.3) is 0 Å². The highest BCUT2D eigenvalue weighted by Gasteiger charge is 2.17. The zero-order valence-corrected chi connectivity index (χ0v) is 15.3. The van der Waals surface area contributed by atoms with E-state index in [1.807, 2.05) is 42.6 Å². The second-order valence-electron chi connectivity index (χ2n) is 7.33. The van der Waals surface area contributed by atoms with E-state index in [4.69, 9.17) is 0 Å². The van der Waals surface area contributed by atoms with Crippen LogP contribution in [0.3, 0.4) is 0 Å². The molecule has 1 atom stereocenters. The third kappa shape index (κ3) is 4.38. The molecule has 2 heterocycles. The summed E-state index contributed by atoms with van der Waals surface area (Å²) < 4.78 is 0. The summed E-state index contributed by atoms with van der Waals surface area (Å²) in [4.78, 5) is 19.1. The lowest BCUT2D eigenvalue weighted by atomic mass is 10.00. The van der Waals surface area contributed by atoms with Crippen LogP contribution in [0.1, 0.15) is 55.6 Å². The van der Waals surface area contributed by atoms with Crippen LogP contribution in [0, 0.1) is 5.92 Å². The van der Waals surface area contributed by atoms with Crippen molar-refractivity contribution in [1.29, 1.82) is 0 Å². The summed E-state index contributed by atoms with van der Waals surface area (Å²) in [6.45, 7) is 8.73. The Hall–Kier alpha value is -2.36. The molecule has 1 aliphatic rings. The average molecular weight is 337 g/mol. The van der Waals surface area contributed by atoms with Gasteiger partial charge in [-0.3, -0.25) is 4.79 Å². The Bertz CT molecular complexity index is 707. The number of carbonyl (C=O) groups excluding carboxylic acids is 1. The SMILES string of the molecule is CC1CCCN(c2ccc(C(=O)Nc3ccc(C(C)C)cc3)nc2)C1. The van der Waals surface area contributed by atoms with E-state index in [2.05, 4.69) is 36.0 Å². The molecule has 0 saturated carbocycles. The van der Waals surface area contributed by atoms with Crippen molar-refractivity contribution < 1.29 is 4.79 Å². The predicted octanol–water partition coefficient (Wildman–Crippen LogP) is 4.69. The fourth-order valence-corrected chi connectivity index (χ4v) is 3.28. The Morgan fingerprint density at radius 2 is 1.96 bits per heavy atom. The van der Waals surface area contributed by atoms with E-state index in [0.29, 0.717) is 17.5 Å². The third-order valence-corrected chi connectivity index (χ3v) is 4.84. The van der Waals surface area contributed by atoms with Gasteiger partial charge in [0.1, 0.15) is 5.69 Å². The lowest BCUT2D eigenvalue weighted by Crippen LogP contribution is -2.34. The zero-order chi connectivity index (χ0) is 17.8. The standard InChI is InChI=1S/C21H27N3O/c1-15(2)17-6-8-18(9-7-17)23-21(25)20-11-10-19(13-22-20)24-12-4-5-16(3)14-24/h6-11,13,15-16H,4-5,12,14H2,1-3H3,(H,23,25). The molecule has 1 saturated heterocycles. The van der Waals surface area contributed by atoms with E-state index < -0.39 is 0 Å². The maximum Gasteiger partial charge on any atom is 0.274 e. The number of aromatic nitrogens is 1. The van der Waals surface area contributed by atoms with E-state index in [-0.39, 0.29) is 5.91 Å². The maximum atomic E-state index is 12.4. The number of hydrogen-bond donors (Lipinski definition) is 1. The molecule has 1 amide bonds. The van der Waals surface area contributed by atoms with Crippen molar-refractivity contribution in [2.24, 2.45) is 5.92 Å². The molecule has 3 rings (SSSR count). The van der Waals surface area contributed by atoms with E-state index in [1.165, 1.54) is 18.4 Å². The highest BCUT2D eigenvalue weighted by atomic mass is 16.1. The Morgan fingerprint density at radius 1 is 1.20 bits per heavy atom. The molecular formula is C21H27N3O. The van der Waals surface area contributed by atoms with Gasteiger partial charge in [-0.05, 0) is 54.5 Å². The van der Waals surface area contributed by atoms with E-state index in [0.717, 1.165) is 24.5 Å². The number of anilines is 2. The first-order valence-electron chi connectivity index (χ1n) is 9.15. The number of amides is 1. The Balaban J connectivity index is 1.64. The van der Waals surface area contributed by atoms with Gasteiger partial charge in [0, 0.05) is 18.8 Å². The number of benzene rings is 1. The topological polar surface area (TPSA) is 45.2 Å². The van der Waals surface area contributed by atoms with Crippen LogP contribution >= 0.6 is 0 Å². The fourth-order valence-electron chi connectivity index (χ4n) is 3.28. The van der Waals surface area contributed by atoms with Crippen LogP contribution in [0.4, 0.5) is 11.4 Å². The summed E-state index contributed by atoms with van der Waals surface area (Å²) in [5, 5.41) is 2.92. The molecule has 1 aliphatic heterocycles. The summed E-state index contributed by atoms with van der Waals surface area (Å²) in [5.74, 6) is 1.03. The van der Waals surface area contributed by atoms with Crippen LogP contribution in [0.15, 0.2) is 42.6 Å². The summed E-state index contributed by atoms with van der Waals surface area (Å²) in [7, 11) is 0. The first kappa shape index (κ1) is 17.5. The van der Waals surface area contributed by atoms with Gasteiger partial charge >= 0.3 is 0 Å². The lowest BCUT2D eigenvalue weighted by Gasteiger charge is -2.32. The van der Waals surface area contributed by atoms with Gasteiger partial charge in [-0.2, -0.15) is 0 Å². The van der Waals surface area contributed by atoms with Crippen molar-refractivity contribution >= 4 is 17.3 Å². The predicted molar refractivity (Wildman–Crippen MR) is 103 cm³/mol. The number of hydrogen-bond acceptors (Lipinski definition) is 3. The monoisotopic (exact) mass is 337 g/mol. The van der Waals surface area contributed by atoms with Gasteiger partial charge in [0.15, 0.2) is 0 Å². The molecule has 132 valence electrons. The molecule has 25 heavy (non-hydrogen) atoms. The second kappa shape index (κ2) is 7.68. The van der Waals surface area contributed by atoms with Crippen molar-refractivity contribution in [1.82, 2.24) is 4.98 Å². The lowest BCUT2D eigenvalue weighted by molar-refractivity contribution is 0.102. The molecular weight excluding hydrogens is 310 g/mol. The maximum absolute atomic E-state index is 12.4. The van der Waals surface area contributed by atoms with Gasteiger partial charge in [-0.1, -0.05) is 32.9 Å². The molecule has 1 aromatic heterocycles. The molecule has 0 bridgehead atoms. The Morgan fingerprint density at radius 3 is 2.56 bits per heavy atom. The van der Waals surface area contributed by atoms with E-state index >= 15 is 0 Å². The largest absolute Gasteiger partial charge is 0.370 e. The van der Waals surface area contributed by atoms with Gasteiger partial charge in [-0.15, -0.1) is 0 Å². The van der Waals surface area contributed by atoms with Crippen LogP contribution in [0.2, 0.25) is 0 Å². The quantitative estimate of drug-likeness (QED) is 0.880. The molecule has 1 fully saturated rings. The van der Waals surface area contributed by atoms with Crippen molar-refractivity contribution in [3.8, 4) is 0 Å². The average Bonchev–Trinajstić information content (AvgIpc) is 2.62. The molecule has 0 spiro atoms. The van der Waals surface area contributed by atoms with Crippen LogP contribution in [-0.4, -0.2) is 24.0 Å². The molecule has 1 aromatic carbocycles. The zero-order valence-electron chi connectivity index (χ0n) is 15.3. The number of nitrogens with zero attached hydrogens (tertiary/aromatic N) is 2. The van der Waals surface area contributed by atoms with Crippen LogP contribution in [0.5, 0.6) is 0 Å². The van der Waals surface area contributed by atoms with E-state index in [1.54, 1.807) is 0 Å². The molecule has 0 aliphatic carbocycles. The Labute approximate surface area is 150 Å². The normalized spacial score (nSPS) is 17.6. The minimum atomic E-state index is -0.171. The fraction of sp³-hybridized carbons (Fsp3) is 0.429. The summed E-state index contributed by atoms with van der Waals surface area (Å²) in [5.41, 5.74) is 3.60. The molecule has 1 unspecified atom stereocenters. The molecule has 2 aromatic rings.